The number of carbonyl (C=O) groups is 6. The van der Waals surface area contributed by atoms with E-state index < -0.39 is 29.7 Å². The van der Waals surface area contributed by atoms with Gasteiger partial charge in [0.05, 0.1) is 0 Å². The molecule has 6 amide bonds. The molecule has 3 aromatic carbocycles. The number of anilines is 2. The number of benzene rings is 3. The van der Waals surface area contributed by atoms with Gasteiger partial charge in [-0.1, -0.05) is 12.1 Å². The van der Waals surface area contributed by atoms with E-state index in [2.05, 4.69) is 25.4 Å². The summed E-state index contributed by atoms with van der Waals surface area (Å²) in [6.07, 6.45) is 5.07. The lowest BCUT2D eigenvalue weighted by Crippen LogP contribution is -2.54. The fraction of sp³-hybridized carbons (Fsp3) is 0.400. The number of nitrogens with one attached hydrogen (secondary N) is 2. The second-order valence-electron chi connectivity index (χ2n) is 16.5. The predicted octanol–water partition coefficient (Wildman–Crippen LogP) is 4.77. The van der Waals surface area contributed by atoms with Crippen LogP contribution in [0.15, 0.2) is 71.1 Å². The van der Waals surface area contributed by atoms with Crippen molar-refractivity contribution in [3.05, 3.63) is 99.8 Å². The van der Waals surface area contributed by atoms with Crippen molar-refractivity contribution in [1.82, 2.24) is 29.9 Å². The van der Waals surface area contributed by atoms with Crippen LogP contribution in [-0.4, -0.2) is 122 Å². The number of aromatic hydroxyl groups is 1. The zero-order valence-corrected chi connectivity index (χ0v) is 36.1. The molecule has 63 heavy (non-hydrogen) atoms. The quantitative estimate of drug-likeness (QED) is 0.102. The molecule has 15 nitrogen and oxygen atoms in total. The minimum Gasteiger partial charge on any atom is -0.508 e. The first-order chi connectivity index (χ1) is 30.5. The van der Waals surface area contributed by atoms with Crippen LogP contribution in [0.4, 0.5) is 15.2 Å². The molecule has 0 saturated carbocycles. The van der Waals surface area contributed by atoms with Crippen molar-refractivity contribution < 1.29 is 38.3 Å². The minimum absolute atomic E-state index is 0.0114. The molecule has 0 bridgehead atoms. The number of fused-ring (bicyclic) bond motifs is 2. The number of thiazole rings is 1. The molecule has 0 radical (unpaired) electrons. The Hall–Kier alpha value is -5.85. The smallest absolute Gasteiger partial charge is 0.255 e. The number of hydrogen-bond donors (Lipinski definition) is 3. The minimum atomic E-state index is -1.30. The molecule has 3 fully saturated rings. The summed E-state index contributed by atoms with van der Waals surface area (Å²) in [4.78, 5) is 93.0. The summed E-state index contributed by atoms with van der Waals surface area (Å²) in [5, 5.41) is 17.8. The number of amides is 6. The van der Waals surface area contributed by atoms with Gasteiger partial charge in [0, 0.05) is 110 Å². The molecule has 2 atom stereocenters. The van der Waals surface area contributed by atoms with Gasteiger partial charge in [0.1, 0.15) is 23.7 Å². The number of thioether (sulfide) groups is 1. The monoisotopic (exact) mass is 894 g/mol. The lowest BCUT2D eigenvalue weighted by molar-refractivity contribution is -0.137. The maximum absolute atomic E-state index is 14.4. The number of piperidine rings is 2. The summed E-state index contributed by atoms with van der Waals surface area (Å²) in [5.74, 6) is -1.99. The summed E-state index contributed by atoms with van der Waals surface area (Å²) in [7, 11) is 0. The number of halogens is 1. The topological polar surface area (TPSA) is 176 Å². The third-order valence-electron chi connectivity index (χ3n) is 12.8. The number of carbonyl (C=O) groups excluding carboxylic acids is 6. The average Bonchev–Trinajstić information content (AvgIpc) is 4.01. The molecule has 9 rings (SSSR count). The largest absolute Gasteiger partial charge is 0.508 e. The average molecular weight is 895 g/mol. The number of piperazine rings is 1. The Bertz CT molecular complexity index is 2450. The lowest BCUT2D eigenvalue weighted by atomic mass is 10.0. The van der Waals surface area contributed by atoms with Gasteiger partial charge >= 0.3 is 0 Å². The van der Waals surface area contributed by atoms with Crippen molar-refractivity contribution in [2.24, 2.45) is 0 Å². The Morgan fingerprint density at radius 1 is 0.937 bits per heavy atom. The fourth-order valence-corrected chi connectivity index (χ4v) is 11.0. The molecule has 3 N–H and O–H groups in total. The summed E-state index contributed by atoms with van der Waals surface area (Å²) in [6, 6.07) is 13.2. The van der Waals surface area contributed by atoms with Crippen LogP contribution in [0.3, 0.4) is 0 Å². The number of hydrogen-bond acceptors (Lipinski definition) is 12. The van der Waals surface area contributed by atoms with E-state index >= 15 is 0 Å². The standard InChI is InChI=1S/C45H47FN8O7S2/c46-28-7-10-36(55)33(23-28)40(42(59)49-45-47-14-22-63-45)54-25-27-6-8-30(24-32(27)44(54)61)50-15-12-29(13-16-50)51-17-19-52(20-18-51)39(57)5-2-21-62-37-4-1-3-31-34(37)26-53(43(31)60)35-9-11-38(56)48-41(35)58/h1,3-4,6-8,10,14,22-24,29,35,40,55H,2,5,9,11-13,15-21,25-26H2,(H,47,49,59)(H,48,56,58). The van der Waals surface area contributed by atoms with Gasteiger partial charge in [-0.2, -0.15) is 0 Å². The molecule has 18 heteroatoms. The number of aromatic nitrogens is 1. The first kappa shape index (κ1) is 42.5. The third kappa shape index (κ3) is 8.75. The highest BCUT2D eigenvalue weighted by atomic mass is 32.2. The molecule has 2 unspecified atom stereocenters. The van der Waals surface area contributed by atoms with Crippen LogP contribution in [0.25, 0.3) is 0 Å². The van der Waals surface area contributed by atoms with Crippen LogP contribution in [0.2, 0.25) is 0 Å². The fourth-order valence-electron chi connectivity index (χ4n) is 9.45. The molecular weight excluding hydrogens is 848 g/mol. The highest BCUT2D eigenvalue weighted by molar-refractivity contribution is 7.99. The van der Waals surface area contributed by atoms with Crippen LogP contribution in [0, 0.1) is 5.82 Å². The molecule has 1 aromatic heterocycles. The number of phenolic OH excluding ortho intramolecular Hbond substituents is 1. The van der Waals surface area contributed by atoms with Crippen LogP contribution in [-0.2, 0) is 32.3 Å². The van der Waals surface area contributed by atoms with E-state index in [1.807, 2.05) is 35.2 Å². The highest BCUT2D eigenvalue weighted by Crippen LogP contribution is 2.39. The van der Waals surface area contributed by atoms with E-state index in [9.17, 15) is 38.3 Å². The molecule has 4 aromatic rings. The van der Waals surface area contributed by atoms with Gasteiger partial charge < -0.3 is 24.7 Å². The zero-order chi connectivity index (χ0) is 43.8. The summed E-state index contributed by atoms with van der Waals surface area (Å²) in [5.41, 5.74) is 3.59. The lowest BCUT2D eigenvalue weighted by Gasteiger charge is -2.43. The molecule has 5 aliphatic heterocycles. The molecule has 0 aliphatic carbocycles. The normalized spacial score (nSPS) is 19.9. The van der Waals surface area contributed by atoms with Gasteiger partial charge in [0.25, 0.3) is 17.7 Å². The van der Waals surface area contributed by atoms with Crippen LogP contribution in [0.5, 0.6) is 5.75 Å². The van der Waals surface area contributed by atoms with Crippen LogP contribution >= 0.6 is 23.1 Å². The Balaban J connectivity index is 0.737. The molecule has 0 spiro atoms. The van der Waals surface area contributed by atoms with Gasteiger partial charge in [-0.3, -0.25) is 44.3 Å². The maximum Gasteiger partial charge on any atom is 0.255 e. The highest BCUT2D eigenvalue weighted by Gasteiger charge is 2.41. The van der Waals surface area contributed by atoms with Gasteiger partial charge in [-0.05, 0) is 85.0 Å². The zero-order valence-electron chi connectivity index (χ0n) is 34.5. The van der Waals surface area contributed by atoms with Gasteiger partial charge in [0.2, 0.25) is 17.7 Å². The molecule has 6 heterocycles. The number of imide groups is 1. The SMILES string of the molecule is O=C1CCC(N2Cc3c(SCCCC(=O)N4CCN(C5CCN(c6ccc7c(c6)C(=O)N(C(C(=O)Nc6nccs6)c6cc(F)ccc6O)C7)CC5)CC4)cccc3C2=O)C(=O)N1. The first-order valence-corrected chi connectivity index (χ1v) is 23.2. The Labute approximate surface area is 371 Å². The van der Waals surface area contributed by atoms with Crippen molar-refractivity contribution in [1.29, 1.82) is 0 Å². The predicted molar refractivity (Wildman–Crippen MR) is 234 cm³/mol. The number of rotatable bonds is 12. The Kier molecular flexibility index (Phi) is 12.2. The molecule has 328 valence electrons. The number of phenols is 1. The van der Waals surface area contributed by atoms with Crippen LogP contribution in [0.1, 0.15) is 82.0 Å². The summed E-state index contributed by atoms with van der Waals surface area (Å²) < 4.78 is 14.4. The van der Waals surface area contributed by atoms with E-state index in [4.69, 9.17) is 0 Å². The second kappa shape index (κ2) is 18.1. The summed E-state index contributed by atoms with van der Waals surface area (Å²) in [6.45, 7) is 4.99. The van der Waals surface area contributed by atoms with E-state index in [1.54, 1.807) is 28.1 Å². The summed E-state index contributed by atoms with van der Waals surface area (Å²) >= 11 is 2.83. The molecule has 3 saturated heterocycles. The maximum atomic E-state index is 14.4. The van der Waals surface area contributed by atoms with Crippen molar-refractivity contribution in [2.45, 2.75) is 74.6 Å². The Morgan fingerprint density at radius 2 is 1.75 bits per heavy atom. The Morgan fingerprint density at radius 3 is 2.51 bits per heavy atom. The first-order valence-electron chi connectivity index (χ1n) is 21.3. The van der Waals surface area contributed by atoms with E-state index in [0.29, 0.717) is 61.2 Å². The van der Waals surface area contributed by atoms with E-state index in [-0.39, 0.29) is 47.9 Å². The van der Waals surface area contributed by atoms with Gasteiger partial charge in [-0.15, -0.1) is 23.1 Å². The van der Waals surface area contributed by atoms with E-state index in [0.717, 1.165) is 78.6 Å². The van der Waals surface area contributed by atoms with Crippen LogP contribution < -0.4 is 15.5 Å². The van der Waals surface area contributed by atoms with Crippen molar-refractivity contribution in [2.75, 3.05) is 55.2 Å². The van der Waals surface area contributed by atoms with Crippen molar-refractivity contribution >= 4 is 69.4 Å². The van der Waals surface area contributed by atoms with Crippen molar-refractivity contribution in [3.8, 4) is 5.75 Å². The molecular formula is C45H47FN8O7S2. The number of nitrogens with zero attached hydrogens (tertiary/aromatic N) is 6. The third-order valence-corrected chi connectivity index (χ3v) is 14.7. The van der Waals surface area contributed by atoms with Gasteiger partial charge in [-0.25, -0.2) is 9.37 Å². The second-order valence-corrected chi connectivity index (χ2v) is 18.5. The van der Waals surface area contributed by atoms with Gasteiger partial charge in [0.15, 0.2) is 5.13 Å². The van der Waals surface area contributed by atoms with Crippen molar-refractivity contribution in [3.63, 3.8) is 0 Å². The molecule has 5 aliphatic rings. The van der Waals surface area contributed by atoms with E-state index in [1.165, 1.54) is 28.5 Å².